The maximum absolute atomic E-state index is 14.2. The van der Waals surface area contributed by atoms with Gasteiger partial charge in [-0.3, -0.25) is 14.4 Å². The Morgan fingerprint density at radius 1 is 1.08 bits per heavy atom. The number of benzene rings is 1. The number of anilines is 1. The van der Waals surface area contributed by atoms with Gasteiger partial charge in [-0.1, -0.05) is 24.3 Å². The summed E-state index contributed by atoms with van der Waals surface area (Å²) in [6, 6.07) is 6.73. The Labute approximate surface area is 222 Å². The summed E-state index contributed by atoms with van der Waals surface area (Å²) in [5.74, 6) is -0.862. The monoisotopic (exact) mass is 525 g/mol. The van der Waals surface area contributed by atoms with Gasteiger partial charge in [-0.25, -0.2) is 0 Å². The molecule has 0 aromatic heterocycles. The second kappa shape index (κ2) is 10.2. The molecule has 4 aliphatic heterocycles. The van der Waals surface area contributed by atoms with Crippen LogP contribution in [0.1, 0.15) is 27.2 Å². The van der Waals surface area contributed by atoms with Crippen LogP contribution in [0.5, 0.6) is 5.75 Å². The molecule has 37 heavy (non-hydrogen) atoms. The second-order valence-electron chi connectivity index (χ2n) is 10.2. The molecule has 8 nitrogen and oxygen atoms in total. The van der Waals surface area contributed by atoms with Gasteiger partial charge in [0.25, 0.3) is 0 Å². The number of nitrogens with zero attached hydrogens (tertiary/aromatic N) is 3. The molecule has 5 rings (SSSR count). The maximum atomic E-state index is 14.2. The highest BCUT2D eigenvalue weighted by Gasteiger charge is 2.71. The van der Waals surface area contributed by atoms with Crippen LogP contribution in [-0.2, 0) is 14.4 Å². The number of amides is 3. The van der Waals surface area contributed by atoms with E-state index in [1.54, 1.807) is 26.5 Å². The predicted octanol–water partition coefficient (Wildman–Crippen LogP) is 2.47. The van der Waals surface area contributed by atoms with Gasteiger partial charge in [-0.2, -0.15) is 0 Å². The van der Waals surface area contributed by atoms with Crippen molar-refractivity contribution in [3.8, 4) is 5.75 Å². The van der Waals surface area contributed by atoms with Gasteiger partial charge in [-0.05, 0) is 51.5 Å². The van der Waals surface area contributed by atoms with E-state index in [1.165, 1.54) is 0 Å². The fourth-order valence-corrected chi connectivity index (χ4v) is 8.23. The van der Waals surface area contributed by atoms with Gasteiger partial charge in [0.1, 0.15) is 11.8 Å². The number of likely N-dealkylation sites (tertiary alicyclic amines) is 1. The lowest BCUT2D eigenvalue weighted by atomic mass is 9.78. The molecule has 3 amide bonds. The molecular formula is C28H35N3O5S. The molecule has 1 unspecified atom stereocenters. The first-order valence-corrected chi connectivity index (χ1v) is 14.0. The Balaban J connectivity index is 1.54. The van der Waals surface area contributed by atoms with Crippen molar-refractivity contribution in [2.24, 2.45) is 11.8 Å². The van der Waals surface area contributed by atoms with Crippen molar-refractivity contribution in [3.05, 3.63) is 48.6 Å². The molecule has 5 atom stereocenters. The Morgan fingerprint density at radius 2 is 1.84 bits per heavy atom. The molecule has 0 saturated carbocycles. The van der Waals surface area contributed by atoms with Crippen molar-refractivity contribution in [2.45, 2.75) is 49.3 Å². The third-order valence-corrected chi connectivity index (χ3v) is 9.57. The van der Waals surface area contributed by atoms with Crippen molar-refractivity contribution in [1.82, 2.24) is 9.80 Å². The standard InChI is InChI=1S/C28H35N3O5S/c1-4-36-20-11-9-19(10-12-20)30-14-5-8-21-22(25(30)33)23-26(34)31(16-7-17-32)24-27(35)29(18(2)3)15-6-13-28(23,24)37-21/h5-6,8-13,18,21-24,32H,4,7,14-17H2,1-3H3/t21-,22+,23+,24?,28+/m1/s1. The normalized spacial score (nSPS) is 30.9. The van der Waals surface area contributed by atoms with Gasteiger partial charge in [0.2, 0.25) is 17.7 Å². The quantitative estimate of drug-likeness (QED) is 0.550. The Bertz CT molecular complexity index is 1120. The van der Waals surface area contributed by atoms with Crippen LogP contribution in [0.4, 0.5) is 5.69 Å². The van der Waals surface area contributed by atoms with Crippen molar-refractivity contribution < 1.29 is 24.2 Å². The Morgan fingerprint density at radius 3 is 2.51 bits per heavy atom. The summed E-state index contributed by atoms with van der Waals surface area (Å²) >= 11 is 1.58. The van der Waals surface area contributed by atoms with Crippen molar-refractivity contribution in [3.63, 3.8) is 0 Å². The minimum absolute atomic E-state index is 0.0188. The number of hydrogen-bond acceptors (Lipinski definition) is 6. The zero-order valence-electron chi connectivity index (χ0n) is 21.6. The van der Waals surface area contributed by atoms with E-state index in [0.717, 1.165) is 11.4 Å². The van der Waals surface area contributed by atoms with Crippen LogP contribution in [0.2, 0.25) is 0 Å². The predicted molar refractivity (Wildman–Crippen MR) is 143 cm³/mol. The van der Waals surface area contributed by atoms with Crippen LogP contribution in [0.25, 0.3) is 0 Å². The van der Waals surface area contributed by atoms with Crippen molar-refractivity contribution in [2.75, 3.05) is 37.7 Å². The van der Waals surface area contributed by atoms with E-state index in [1.807, 2.05) is 69.3 Å². The fourth-order valence-electron chi connectivity index (χ4n) is 6.22. The molecule has 4 heterocycles. The van der Waals surface area contributed by atoms with Gasteiger partial charge in [0, 0.05) is 43.2 Å². The number of aliphatic hydroxyl groups is 1. The van der Waals surface area contributed by atoms with Crippen LogP contribution in [0, 0.1) is 11.8 Å². The van der Waals surface area contributed by atoms with Crippen LogP contribution in [-0.4, -0.2) is 87.6 Å². The summed E-state index contributed by atoms with van der Waals surface area (Å²) in [6.07, 6.45) is 8.44. The molecule has 0 bridgehead atoms. The molecule has 2 saturated heterocycles. The number of carbonyl (C=O) groups excluding carboxylic acids is 3. The van der Waals surface area contributed by atoms with E-state index in [0.29, 0.717) is 26.1 Å². The van der Waals surface area contributed by atoms with Crippen LogP contribution in [0.15, 0.2) is 48.6 Å². The first-order valence-electron chi connectivity index (χ1n) is 13.1. The summed E-state index contributed by atoms with van der Waals surface area (Å²) < 4.78 is 4.73. The molecule has 1 N–H and O–H groups in total. The number of fused-ring (bicyclic) bond motifs is 2. The van der Waals surface area contributed by atoms with Gasteiger partial charge < -0.3 is 24.5 Å². The van der Waals surface area contributed by atoms with Crippen LogP contribution >= 0.6 is 11.8 Å². The highest BCUT2D eigenvalue weighted by Crippen LogP contribution is 2.61. The number of carbonyl (C=O) groups is 3. The first-order chi connectivity index (χ1) is 17.8. The van der Waals surface area contributed by atoms with Crippen molar-refractivity contribution >= 4 is 35.2 Å². The average Bonchev–Trinajstić information content (AvgIpc) is 3.18. The summed E-state index contributed by atoms with van der Waals surface area (Å²) in [6.45, 7) is 7.54. The van der Waals surface area contributed by atoms with E-state index in [9.17, 15) is 19.5 Å². The molecule has 2 fully saturated rings. The van der Waals surface area contributed by atoms with E-state index < -0.39 is 22.6 Å². The third kappa shape index (κ3) is 4.16. The smallest absolute Gasteiger partial charge is 0.247 e. The van der Waals surface area contributed by atoms with Gasteiger partial charge >= 0.3 is 0 Å². The lowest BCUT2D eigenvalue weighted by Crippen LogP contribution is -2.54. The van der Waals surface area contributed by atoms with Crippen molar-refractivity contribution in [1.29, 1.82) is 0 Å². The Kier molecular flexibility index (Phi) is 7.11. The molecule has 1 aromatic rings. The van der Waals surface area contributed by atoms with Gasteiger partial charge in [-0.15, -0.1) is 11.8 Å². The molecular weight excluding hydrogens is 490 g/mol. The topological polar surface area (TPSA) is 90.4 Å². The van der Waals surface area contributed by atoms with Gasteiger partial charge in [0.15, 0.2) is 0 Å². The zero-order valence-corrected chi connectivity index (χ0v) is 22.4. The lowest BCUT2D eigenvalue weighted by molar-refractivity contribution is -0.143. The van der Waals surface area contributed by atoms with E-state index in [4.69, 9.17) is 4.74 Å². The highest BCUT2D eigenvalue weighted by molar-refractivity contribution is 8.02. The number of aliphatic hydroxyl groups excluding tert-OH is 1. The molecule has 1 aromatic carbocycles. The number of rotatable bonds is 7. The minimum atomic E-state index is -0.829. The summed E-state index contributed by atoms with van der Waals surface area (Å²) in [5, 5.41) is 9.31. The van der Waals surface area contributed by atoms with E-state index in [-0.39, 0.29) is 42.2 Å². The van der Waals surface area contributed by atoms with Crippen LogP contribution in [0.3, 0.4) is 0 Å². The van der Waals surface area contributed by atoms with Gasteiger partial charge in [0.05, 0.1) is 23.2 Å². The molecule has 9 heteroatoms. The molecule has 4 aliphatic rings. The van der Waals surface area contributed by atoms with Crippen LogP contribution < -0.4 is 9.64 Å². The molecule has 0 aliphatic carbocycles. The van der Waals surface area contributed by atoms with E-state index in [2.05, 4.69) is 0 Å². The highest BCUT2D eigenvalue weighted by atomic mass is 32.2. The largest absolute Gasteiger partial charge is 0.494 e. The maximum Gasteiger partial charge on any atom is 0.247 e. The fraction of sp³-hybridized carbons (Fsp3) is 0.536. The number of ether oxygens (including phenoxy) is 1. The first kappa shape index (κ1) is 25.9. The second-order valence-corrected chi connectivity index (χ2v) is 11.7. The SMILES string of the molecule is CCOc1ccc(N2CC=C[C@H]3S[C@]45C=CCN(C(C)C)C(=O)C4N(CCCO)C(=O)[C@@H]5[C@H]3C2=O)cc1. The zero-order chi connectivity index (χ0) is 26.3. The van der Waals surface area contributed by atoms with E-state index >= 15 is 0 Å². The lowest BCUT2D eigenvalue weighted by Gasteiger charge is -2.36. The molecule has 1 spiro atoms. The summed E-state index contributed by atoms with van der Waals surface area (Å²) in [7, 11) is 0. The minimum Gasteiger partial charge on any atom is -0.494 e. The summed E-state index contributed by atoms with van der Waals surface area (Å²) in [5.41, 5.74) is 0.752. The Hall–Kier alpha value is -2.78. The average molecular weight is 526 g/mol. The molecule has 0 radical (unpaired) electrons. The summed E-state index contributed by atoms with van der Waals surface area (Å²) in [4.78, 5) is 47.4. The number of hydrogen-bond donors (Lipinski definition) is 1. The third-order valence-electron chi connectivity index (χ3n) is 7.83. The number of thioether (sulfide) groups is 1. The molecule has 198 valence electrons.